The van der Waals surface area contributed by atoms with Gasteiger partial charge < -0.3 is 0 Å². The summed E-state index contributed by atoms with van der Waals surface area (Å²) in [7, 11) is 0. The minimum Gasteiger partial charge on any atom is -0.0654 e. The molecule has 0 heteroatoms. The largest absolute Gasteiger partial charge is 0.0654 e. The maximum Gasteiger partial charge on any atom is -0.0162 e. The lowest BCUT2D eigenvalue weighted by molar-refractivity contribution is 0.172. The lowest BCUT2D eigenvalue weighted by Gasteiger charge is -2.35. The molecule has 1 unspecified atom stereocenters. The number of hydrogen-bond acceptors (Lipinski definition) is 0. The molecule has 0 radical (unpaired) electrons. The van der Waals surface area contributed by atoms with Crippen LogP contribution in [0.2, 0.25) is 0 Å². The predicted molar refractivity (Wildman–Crippen MR) is 100 cm³/mol. The maximum absolute atomic E-state index is 2.46. The molecule has 0 heterocycles. The molecule has 0 aliphatic rings. The normalized spacial score (nSPS) is 14.1. The van der Waals surface area contributed by atoms with Crippen LogP contribution in [0.5, 0.6) is 0 Å². The highest BCUT2D eigenvalue weighted by molar-refractivity contribution is 5.19. The minimum atomic E-state index is 0.465. The van der Waals surface area contributed by atoms with Crippen LogP contribution in [0, 0.1) is 10.8 Å². The standard InChI is InChI=1S/C22H38/c1-7-13-19(20-14-10-9-11-15-20)16-12-17-22(5,6)18-21(3,4)8-2/h9-11,14-15,19H,7-8,12-13,16-18H2,1-6H3. The van der Waals surface area contributed by atoms with E-state index >= 15 is 0 Å². The van der Waals surface area contributed by atoms with E-state index in [-0.39, 0.29) is 0 Å². The molecular weight excluding hydrogens is 264 g/mol. The summed E-state index contributed by atoms with van der Waals surface area (Å²) in [5.74, 6) is 0.751. The van der Waals surface area contributed by atoms with Gasteiger partial charge in [-0.25, -0.2) is 0 Å². The zero-order valence-corrected chi connectivity index (χ0v) is 15.9. The molecule has 0 aromatic heterocycles. The second kappa shape index (κ2) is 8.75. The molecule has 0 amide bonds. The van der Waals surface area contributed by atoms with Gasteiger partial charge in [0.25, 0.3) is 0 Å². The molecule has 0 N–H and O–H groups in total. The summed E-state index contributed by atoms with van der Waals surface area (Å²) in [4.78, 5) is 0. The molecule has 0 aliphatic carbocycles. The Labute approximate surface area is 139 Å². The van der Waals surface area contributed by atoms with Gasteiger partial charge in [-0.05, 0) is 48.0 Å². The van der Waals surface area contributed by atoms with Crippen LogP contribution in [0.25, 0.3) is 0 Å². The van der Waals surface area contributed by atoms with Crippen molar-refractivity contribution in [2.45, 2.75) is 92.4 Å². The van der Waals surface area contributed by atoms with Gasteiger partial charge in [-0.3, -0.25) is 0 Å². The van der Waals surface area contributed by atoms with Crippen LogP contribution in [0.1, 0.15) is 98.0 Å². The van der Waals surface area contributed by atoms with Crippen molar-refractivity contribution in [3.63, 3.8) is 0 Å². The van der Waals surface area contributed by atoms with Crippen LogP contribution < -0.4 is 0 Å². The minimum absolute atomic E-state index is 0.465. The molecule has 126 valence electrons. The summed E-state index contributed by atoms with van der Waals surface area (Å²) < 4.78 is 0. The summed E-state index contributed by atoms with van der Waals surface area (Å²) >= 11 is 0. The highest BCUT2D eigenvalue weighted by Crippen LogP contribution is 2.40. The second-order valence-corrected chi connectivity index (χ2v) is 8.65. The quantitative estimate of drug-likeness (QED) is 0.417. The van der Waals surface area contributed by atoms with Crippen LogP contribution in [0.4, 0.5) is 0 Å². The predicted octanol–water partition coefficient (Wildman–Crippen LogP) is 7.59. The van der Waals surface area contributed by atoms with Gasteiger partial charge >= 0.3 is 0 Å². The molecule has 0 saturated carbocycles. The number of rotatable bonds is 10. The highest BCUT2D eigenvalue weighted by Gasteiger charge is 2.27. The van der Waals surface area contributed by atoms with Gasteiger partial charge in [0.15, 0.2) is 0 Å². The van der Waals surface area contributed by atoms with Gasteiger partial charge in [0, 0.05) is 0 Å². The molecule has 1 aromatic carbocycles. The molecule has 0 bridgehead atoms. The van der Waals surface area contributed by atoms with Crippen molar-refractivity contribution >= 4 is 0 Å². The Hall–Kier alpha value is -0.780. The topological polar surface area (TPSA) is 0 Å². The zero-order valence-electron chi connectivity index (χ0n) is 15.9. The van der Waals surface area contributed by atoms with E-state index in [0.717, 1.165) is 5.92 Å². The summed E-state index contributed by atoms with van der Waals surface area (Å²) in [6, 6.07) is 11.1. The molecule has 0 nitrogen and oxygen atoms in total. The Morgan fingerprint density at radius 2 is 1.50 bits per heavy atom. The first kappa shape index (κ1) is 19.3. The van der Waals surface area contributed by atoms with Crippen LogP contribution in [0.3, 0.4) is 0 Å². The highest BCUT2D eigenvalue weighted by atomic mass is 14.3. The van der Waals surface area contributed by atoms with Crippen LogP contribution in [0.15, 0.2) is 30.3 Å². The SMILES string of the molecule is CCCC(CCCC(C)(C)CC(C)(C)CC)c1ccccc1. The Morgan fingerprint density at radius 3 is 2.05 bits per heavy atom. The first-order valence-electron chi connectivity index (χ1n) is 9.34. The van der Waals surface area contributed by atoms with Crippen molar-refractivity contribution in [2.75, 3.05) is 0 Å². The van der Waals surface area contributed by atoms with E-state index in [1.807, 2.05) is 0 Å². The van der Waals surface area contributed by atoms with Crippen molar-refractivity contribution in [3.8, 4) is 0 Å². The molecule has 22 heavy (non-hydrogen) atoms. The van der Waals surface area contributed by atoms with Crippen LogP contribution in [-0.2, 0) is 0 Å². The van der Waals surface area contributed by atoms with Gasteiger partial charge in [-0.1, -0.05) is 91.1 Å². The van der Waals surface area contributed by atoms with Crippen molar-refractivity contribution in [1.82, 2.24) is 0 Å². The number of benzene rings is 1. The molecular formula is C22H38. The monoisotopic (exact) mass is 302 g/mol. The van der Waals surface area contributed by atoms with Crippen LogP contribution >= 0.6 is 0 Å². The van der Waals surface area contributed by atoms with Gasteiger partial charge in [-0.15, -0.1) is 0 Å². The fraction of sp³-hybridized carbons (Fsp3) is 0.727. The Kier molecular flexibility index (Phi) is 7.66. The van der Waals surface area contributed by atoms with Crippen molar-refractivity contribution in [3.05, 3.63) is 35.9 Å². The third-order valence-corrected chi connectivity index (χ3v) is 5.23. The molecule has 1 atom stereocenters. The van der Waals surface area contributed by atoms with E-state index in [0.29, 0.717) is 10.8 Å². The van der Waals surface area contributed by atoms with Gasteiger partial charge in [0.05, 0.1) is 0 Å². The molecule has 0 saturated heterocycles. The second-order valence-electron chi connectivity index (χ2n) is 8.65. The average Bonchev–Trinajstić information content (AvgIpc) is 2.46. The zero-order chi connectivity index (χ0) is 16.6. The molecule has 1 rings (SSSR count). The van der Waals surface area contributed by atoms with E-state index in [9.17, 15) is 0 Å². The summed E-state index contributed by atoms with van der Waals surface area (Å²) in [6.07, 6.45) is 9.26. The summed E-state index contributed by atoms with van der Waals surface area (Å²) in [5.41, 5.74) is 2.48. The Bertz CT molecular complexity index is 399. The molecule has 0 spiro atoms. The van der Waals surface area contributed by atoms with Crippen LogP contribution in [-0.4, -0.2) is 0 Å². The number of hydrogen-bond donors (Lipinski definition) is 0. The third kappa shape index (κ3) is 6.99. The summed E-state index contributed by atoms with van der Waals surface area (Å²) in [5, 5.41) is 0. The first-order valence-corrected chi connectivity index (χ1v) is 9.34. The Morgan fingerprint density at radius 1 is 0.864 bits per heavy atom. The van der Waals surface area contributed by atoms with E-state index in [1.165, 1.54) is 50.5 Å². The van der Waals surface area contributed by atoms with Gasteiger partial charge in [0.1, 0.15) is 0 Å². The van der Waals surface area contributed by atoms with Gasteiger partial charge in [0.2, 0.25) is 0 Å². The van der Waals surface area contributed by atoms with E-state index < -0.39 is 0 Å². The van der Waals surface area contributed by atoms with Crippen molar-refractivity contribution in [2.24, 2.45) is 10.8 Å². The first-order chi connectivity index (χ1) is 10.3. The smallest absolute Gasteiger partial charge is 0.0162 e. The maximum atomic E-state index is 2.46. The fourth-order valence-corrected chi connectivity index (χ4v) is 3.89. The lowest BCUT2D eigenvalue weighted by atomic mass is 9.71. The van der Waals surface area contributed by atoms with Crippen molar-refractivity contribution in [1.29, 1.82) is 0 Å². The fourth-order valence-electron chi connectivity index (χ4n) is 3.89. The molecule has 0 fully saturated rings. The summed E-state index contributed by atoms with van der Waals surface area (Å²) in [6.45, 7) is 14.4. The van der Waals surface area contributed by atoms with E-state index in [2.05, 4.69) is 71.9 Å². The van der Waals surface area contributed by atoms with Crippen molar-refractivity contribution < 1.29 is 0 Å². The Balaban J connectivity index is 2.52. The third-order valence-electron chi connectivity index (χ3n) is 5.23. The van der Waals surface area contributed by atoms with E-state index in [4.69, 9.17) is 0 Å². The molecule has 1 aromatic rings. The molecule has 0 aliphatic heterocycles. The van der Waals surface area contributed by atoms with E-state index in [1.54, 1.807) is 0 Å². The van der Waals surface area contributed by atoms with Gasteiger partial charge in [-0.2, -0.15) is 0 Å². The average molecular weight is 303 g/mol. The lowest BCUT2D eigenvalue weighted by Crippen LogP contribution is -2.22.